The average Bonchev–Trinajstić information content (AvgIpc) is 3.02. The second-order valence-electron chi connectivity index (χ2n) is 6.38. The minimum absolute atomic E-state index is 0.311. The van der Waals surface area contributed by atoms with Gasteiger partial charge in [0.25, 0.3) is 0 Å². The lowest BCUT2D eigenvalue weighted by atomic mass is 10.1. The van der Waals surface area contributed by atoms with Crippen molar-refractivity contribution < 1.29 is 9.53 Å². The van der Waals surface area contributed by atoms with Crippen molar-refractivity contribution in [2.45, 2.75) is 0 Å². The Morgan fingerprint density at radius 1 is 0.923 bits per heavy atom. The lowest BCUT2D eigenvalue weighted by molar-refractivity contribution is -0.129. The van der Waals surface area contributed by atoms with Crippen molar-refractivity contribution in [1.29, 1.82) is 0 Å². The zero-order valence-corrected chi connectivity index (χ0v) is 14.6. The van der Waals surface area contributed by atoms with Gasteiger partial charge in [-0.25, -0.2) is 9.79 Å². The van der Waals surface area contributed by atoms with Gasteiger partial charge >= 0.3 is 5.97 Å². The Kier molecular flexibility index (Phi) is 4.01. The highest BCUT2D eigenvalue weighted by Crippen LogP contribution is 2.23. The van der Waals surface area contributed by atoms with Crippen LogP contribution in [0.5, 0.6) is 0 Å². The highest BCUT2D eigenvalue weighted by Gasteiger charge is 2.24. The molecule has 0 aromatic heterocycles. The van der Waals surface area contributed by atoms with E-state index in [-0.39, 0.29) is 0 Å². The number of hydrogen-bond donors (Lipinski definition) is 0. The van der Waals surface area contributed by atoms with Crippen LogP contribution in [0.25, 0.3) is 16.8 Å². The molecular formula is C22H18N2O2. The number of aliphatic imine (C=N–C) groups is 1. The molecule has 0 spiro atoms. The molecule has 0 bridgehead atoms. The van der Waals surface area contributed by atoms with Crippen LogP contribution in [0.1, 0.15) is 11.1 Å². The Labute approximate surface area is 152 Å². The molecule has 0 radical (unpaired) electrons. The van der Waals surface area contributed by atoms with Crippen LogP contribution in [0, 0.1) is 0 Å². The summed E-state index contributed by atoms with van der Waals surface area (Å²) in [6.45, 7) is 0. The number of cyclic esters (lactones) is 1. The standard InChI is InChI=1S/C22H18N2O2/c1-24(2)19-11-7-15(8-12-19)13-20-22(25)26-21(23-20)18-10-9-16-5-3-4-6-17(16)14-18/h3-14H,1-2H3/b20-13-. The SMILES string of the molecule is CN(C)c1ccc(/C=C2\N=C(c3ccc4ccccc4c3)OC2=O)cc1. The van der Waals surface area contributed by atoms with Crippen LogP contribution < -0.4 is 4.90 Å². The average molecular weight is 342 g/mol. The summed E-state index contributed by atoms with van der Waals surface area (Å²) in [7, 11) is 3.98. The summed E-state index contributed by atoms with van der Waals surface area (Å²) < 4.78 is 5.38. The molecule has 128 valence electrons. The van der Waals surface area contributed by atoms with Gasteiger partial charge in [0.15, 0.2) is 5.70 Å². The summed E-state index contributed by atoms with van der Waals surface area (Å²) in [6, 6.07) is 21.9. The van der Waals surface area contributed by atoms with E-state index in [9.17, 15) is 4.79 Å². The molecule has 3 aromatic carbocycles. The summed E-state index contributed by atoms with van der Waals surface area (Å²) in [5.74, 6) is -0.0817. The molecular weight excluding hydrogens is 324 g/mol. The van der Waals surface area contributed by atoms with Crippen LogP contribution in [-0.4, -0.2) is 26.0 Å². The fraction of sp³-hybridized carbons (Fsp3) is 0.0909. The van der Waals surface area contributed by atoms with Crippen molar-refractivity contribution in [3.63, 3.8) is 0 Å². The monoisotopic (exact) mass is 342 g/mol. The van der Waals surface area contributed by atoms with Crippen LogP contribution in [0.2, 0.25) is 0 Å². The van der Waals surface area contributed by atoms with Gasteiger partial charge in [-0.1, -0.05) is 42.5 Å². The molecule has 1 aliphatic heterocycles. The van der Waals surface area contributed by atoms with Crippen molar-refractivity contribution >= 4 is 34.4 Å². The number of ether oxygens (including phenoxy) is 1. The molecule has 0 saturated carbocycles. The maximum atomic E-state index is 12.2. The van der Waals surface area contributed by atoms with E-state index in [2.05, 4.69) is 4.99 Å². The number of anilines is 1. The molecule has 4 nitrogen and oxygen atoms in total. The van der Waals surface area contributed by atoms with Crippen molar-refractivity contribution in [2.75, 3.05) is 19.0 Å². The summed E-state index contributed by atoms with van der Waals surface area (Å²) in [6.07, 6.45) is 1.75. The third-order valence-corrected chi connectivity index (χ3v) is 4.33. The first kappa shape index (κ1) is 16.1. The minimum atomic E-state index is -0.426. The van der Waals surface area contributed by atoms with Gasteiger partial charge in [0, 0.05) is 25.3 Å². The summed E-state index contributed by atoms with van der Waals surface area (Å²) in [5.41, 5.74) is 3.11. The highest BCUT2D eigenvalue weighted by molar-refractivity contribution is 6.13. The second-order valence-corrected chi connectivity index (χ2v) is 6.38. The van der Waals surface area contributed by atoms with Gasteiger partial charge in [0.1, 0.15) is 0 Å². The Hall–Kier alpha value is -3.40. The highest BCUT2D eigenvalue weighted by atomic mass is 16.6. The second kappa shape index (κ2) is 6.48. The predicted octanol–water partition coefficient (Wildman–Crippen LogP) is 4.25. The van der Waals surface area contributed by atoms with E-state index in [1.165, 1.54) is 0 Å². The first-order chi connectivity index (χ1) is 12.6. The van der Waals surface area contributed by atoms with Crippen LogP contribution in [0.4, 0.5) is 5.69 Å². The molecule has 4 heteroatoms. The van der Waals surface area contributed by atoms with Gasteiger partial charge in [0.05, 0.1) is 0 Å². The maximum Gasteiger partial charge on any atom is 0.363 e. The van der Waals surface area contributed by atoms with Crippen LogP contribution in [-0.2, 0) is 9.53 Å². The fourth-order valence-electron chi connectivity index (χ4n) is 2.88. The maximum absolute atomic E-state index is 12.2. The lowest BCUT2D eigenvalue weighted by Crippen LogP contribution is -2.08. The largest absolute Gasteiger partial charge is 0.402 e. The molecule has 0 atom stereocenters. The summed E-state index contributed by atoms with van der Waals surface area (Å²) in [4.78, 5) is 18.6. The third-order valence-electron chi connectivity index (χ3n) is 4.33. The number of carbonyl (C=O) groups is 1. The van der Waals surface area contributed by atoms with E-state index >= 15 is 0 Å². The molecule has 0 saturated heterocycles. The Balaban J connectivity index is 1.65. The topological polar surface area (TPSA) is 41.9 Å². The number of rotatable bonds is 3. The number of benzene rings is 3. The van der Waals surface area contributed by atoms with E-state index in [0.717, 1.165) is 27.6 Å². The number of esters is 1. The third kappa shape index (κ3) is 3.09. The Bertz CT molecular complexity index is 1050. The lowest BCUT2D eigenvalue weighted by Gasteiger charge is -2.11. The van der Waals surface area contributed by atoms with Crippen molar-refractivity contribution in [3.05, 3.63) is 83.6 Å². The molecule has 0 amide bonds. The molecule has 26 heavy (non-hydrogen) atoms. The zero-order valence-electron chi connectivity index (χ0n) is 14.6. The molecule has 1 heterocycles. The van der Waals surface area contributed by atoms with Gasteiger partial charge in [-0.15, -0.1) is 0 Å². The zero-order chi connectivity index (χ0) is 18.1. The van der Waals surface area contributed by atoms with Crippen LogP contribution in [0.3, 0.4) is 0 Å². The number of nitrogens with zero attached hydrogens (tertiary/aromatic N) is 2. The molecule has 4 rings (SSSR count). The molecule has 0 aliphatic carbocycles. The van der Waals surface area contributed by atoms with E-state index in [1.807, 2.05) is 85.7 Å². The van der Waals surface area contributed by atoms with Gasteiger partial charge in [-0.3, -0.25) is 0 Å². The molecule has 3 aromatic rings. The normalized spacial score (nSPS) is 15.2. The quantitative estimate of drug-likeness (QED) is 0.528. The summed E-state index contributed by atoms with van der Waals surface area (Å²) >= 11 is 0. The molecule has 0 fully saturated rings. The smallest absolute Gasteiger partial charge is 0.363 e. The molecule has 1 aliphatic rings. The van der Waals surface area contributed by atoms with E-state index in [1.54, 1.807) is 6.08 Å². The van der Waals surface area contributed by atoms with E-state index in [0.29, 0.717) is 11.6 Å². The van der Waals surface area contributed by atoms with Crippen LogP contribution >= 0.6 is 0 Å². The first-order valence-corrected chi connectivity index (χ1v) is 8.39. The Morgan fingerprint density at radius 2 is 1.65 bits per heavy atom. The van der Waals surface area contributed by atoms with Gasteiger partial charge < -0.3 is 9.64 Å². The summed E-state index contributed by atoms with van der Waals surface area (Å²) in [5, 5.41) is 2.22. The van der Waals surface area contributed by atoms with Gasteiger partial charge in [-0.05, 0) is 46.7 Å². The van der Waals surface area contributed by atoms with E-state index in [4.69, 9.17) is 4.74 Å². The van der Waals surface area contributed by atoms with Crippen molar-refractivity contribution in [3.8, 4) is 0 Å². The van der Waals surface area contributed by atoms with E-state index < -0.39 is 5.97 Å². The minimum Gasteiger partial charge on any atom is -0.402 e. The van der Waals surface area contributed by atoms with Gasteiger partial charge in [-0.2, -0.15) is 0 Å². The Morgan fingerprint density at radius 3 is 2.38 bits per heavy atom. The van der Waals surface area contributed by atoms with Crippen molar-refractivity contribution in [1.82, 2.24) is 0 Å². The van der Waals surface area contributed by atoms with Crippen molar-refractivity contribution in [2.24, 2.45) is 4.99 Å². The number of carbonyl (C=O) groups excluding carboxylic acids is 1. The fourth-order valence-corrected chi connectivity index (χ4v) is 2.88. The van der Waals surface area contributed by atoms with Gasteiger partial charge in [0.2, 0.25) is 5.90 Å². The predicted molar refractivity (Wildman–Crippen MR) is 105 cm³/mol. The first-order valence-electron chi connectivity index (χ1n) is 8.39. The number of fused-ring (bicyclic) bond motifs is 1. The molecule has 0 N–H and O–H groups in total. The number of hydrogen-bond acceptors (Lipinski definition) is 4. The van der Waals surface area contributed by atoms with Crippen LogP contribution in [0.15, 0.2) is 77.4 Å². The molecule has 0 unspecified atom stereocenters.